The average molecular weight is 168 g/mol. The lowest BCUT2D eigenvalue weighted by molar-refractivity contribution is -0.130. The van der Waals surface area contributed by atoms with E-state index in [2.05, 4.69) is 0 Å². The highest BCUT2D eigenvalue weighted by molar-refractivity contribution is 5.73. The van der Waals surface area contributed by atoms with Crippen LogP contribution in [0.5, 0.6) is 0 Å². The monoisotopic (exact) mass is 168 g/mol. The predicted molar refractivity (Wildman–Crippen MR) is 45.3 cm³/mol. The summed E-state index contributed by atoms with van der Waals surface area (Å²) in [5.74, 6) is 0.599. The Morgan fingerprint density at radius 3 is 2.50 bits per heavy atom. The molecule has 1 saturated heterocycles. The van der Waals surface area contributed by atoms with Crippen molar-refractivity contribution in [1.82, 2.24) is 4.90 Å². The number of amides is 1. The van der Waals surface area contributed by atoms with Crippen LogP contribution in [0.2, 0.25) is 0 Å². The van der Waals surface area contributed by atoms with Gasteiger partial charge in [0.25, 0.3) is 0 Å². The van der Waals surface area contributed by atoms with Gasteiger partial charge in [-0.15, -0.1) is 0 Å². The van der Waals surface area contributed by atoms with Gasteiger partial charge in [-0.25, -0.2) is 0 Å². The standard InChI is InChI=1S/C9H14NO2/c1-8(12)10-5-2-9(3-6-10)4-7-11/h9H,2-6H2,1H3. The minimum Gasteiger partial charge on any atom is -0.343 e. The number of likely N-dealkylation sites (tertiary alicyclic amines) is 1. The van der Waals surface area contributed by atoms with Crippen LogP contribution in [0.4, 0.5) is 0 Å². The van der Waals surface area contributed by atoms with Crippen LogP contribution in [-0.4, -0.2) is 30.2 Å². The van der Waals surface area contributed by atoms with E-state index in [1.165, 1.54) is 0 Å². The Kier molecular flexibility index (Phi) is 3.26. The lowest BCUT2D eigenvalue weighted by Gasteiger charge is -2.30. The van der Waals surface area contributed by atoms with Crippen LogP contribution >= 0.6 is 0 Å². The Labute approximate surface area is 72.7 Å². The van der Waals surface area contributed by atoms with Crippen molar-refractivity contribution in [3.8, 4) is 0 Å². The first-order valence-corrected chi connectivity index (χ1v) is 4.34. The second-order valence-corrected chi connectivity index (χ2v) is 3.30. The van der Waals surface area contributed by atoms with E-state index in [9.17, 15) is 9.59 Å². The predicted octanol–water partition coefficient (Wildman–Crippen LogP) is 0.745. The van der Waals surface area contributed by atoms with Gasteiger partial charge in [0.05, 0.1) is 0 Å². The van der Waals surface area contributed by atoms with E-state index in [0.29, 0.717) is 12.3 Å². The Morgan fingerprint density at radius 2 is 2.08 bits per heavy atom. The molecule has 1 rings (SSSR count). The third-order valence-electron chi connectivity index (χ3n) is 2.43. The molecule has 0 spiro atoms. The van der Waals surface area contributed by atoms with Crippen LogP contribution in [-0.2, 0) is 9.59 Å². The van der Waals surface area contributed by atoms with Crippen LogP contribution in [0.25, 0.3) is 0 Å². The summed E-state index contributed by atoms with van der Waals surface area (Å²) in [6, 6.07) is 0. The molecule has 0 saturated carbocycles. The second-order valence-electron chi connectivity index (χ2n) is 3.30. The smallest absolute Gasteiger partial charge is 0.219 e. The van der Waals surface area contributed by atoms with Crippen LogP contribution in [0.15, 0.2) is 0 Å². The molecule has 0 aliphatic carbocycles. The number of hydrogen-bond donors (Lipinski definition) is 0. The molecule has 1 aliphatic rings. The number of rotatable bonds is 2. The number of carbonyl (C=O) groups is 1. The van der Waals surface area contributed by atoms with E-state index in [4.69, 9.17) is 0 Å². The molecule has 0 aromatic heterocycles. The molecule has 0 atom stereocenters. The third-order valence-corrected chi connectivity index (χ3v) is 2.43. The Bertz CT molecular complexity index is 171. The largest absolute Gasteiger partial charge is 0.343 e. The fraction of sp³-hybridized carbons (Fsp3) is 0.778. The number of nitrogens with zero attached hydrogens (tertiary/aromatic N) is 1. The molecular formula is C9H14NO2. The summed E-state index contributed by atoms with van der Waals surface area (Å²) in [5, 5.41) is 0. The third kappa shape index (κ3) is 2.32. The Morgan fingerprint density at radius 1 is 1.50 bits per heavy atom. The molecule has 0 aromatic rings. The molecule has 0 aromatic carbocycles. The van der Waals surface area contributed by atoms with Crippen molar-refractivity contribution < 1.29 is 9.59 Å². The van der Waals surface area contributed by atoms with Gasteiger partial charge in [-0.3, -0.25) is 9.59 Å². The van der Waals surface area contributed by atoms with Gasteiger partial charge < -0.3 is 4.90 Å². The van der Waals surface area contributed by atoms with E-state index in [-0.39, 0.29) is 5.91 Å². The van der Waals surface area contributed by atoms with Gasteiger partial charge in [-0.2, -0.15) is 0 Å². The highest BCUT2D eigenvalue weighted by atomic mass is 16.2. The first-order valence-electron chi connectivity index (χ1n) is 4.34. The Hall–Kier alpha value is -0.860. The zero-order valence-electron chi connectivity index (χ0n) is 7.38. The zero-order valence-corrected chi connectivity index (χ0v) is 7.38. The topological polar surface area (TPSA) is 37.4 Å². The van der Waals surface area contributed by atoms with Gasteiger partial charge in [0.2, 0.25) is 5.91 Å². The van der Waals surface area contributed by atoms with Crippen molar-refractivity contribution in [3.63, 3.8) is 0 Å². The molecular weight excluding hydrogens is 154 g/mol. The van der Waals surface area contributed by atoms with E-state index in [1.807, 2.05) is 11.2 Å². The summed E-state index contributed by atoms with van der Waals surface area (Å²) in [6.07, 6.45) is 4.37. The normalized spacial score (nSPS) is 19.2. The summed E-state index contributed by atoms with van der Waals surface area (Å²) in [7, 11) is 0. The van der Waals surface area contributed by atoms with Crippen molar-refractivity contribution in [2.45, 2.75) is 26.2 Å². The zero-order chi connectivity index (χ0) is 8.97. The molecule has 3 nitrogen and oxygen atoms in total. The van der Waals surface area contributed by atoms with Crippen molar-refractivity contribution >= 4 is 12.2 Å². The van der Waals surface area contributed by atoms with E-state index in [0.717, 1.165) is 25.9 Å². The Balaban J connectivity index is 2.29. The SMILES string of the molecule is CC(=O)N1CCC(C[C]=O)CC1. The molecule has 3 heteroatoms. The number of carbonyl (C=O) groups excluding carboxylic acids is 2. The van der Waals surface area contributed by atoms with E-state index < -0.39 is 0 Å². The summed E-state index contributed by atoms with van der Waals surface area (Å²) < 4.78 is 0. The van der Waals surface area contributed by atoms with Crippen molar-refractivity contribution in [1.29, 1.82) is 0 Å². The van der Waals surface area contributed by atoms with E-state index >= 15 is 0 Å². The average Bonchev–Trinajstić information content (AvgIpc) is 2.06. The second kappa shape index (κ2) is 4.24. The molecule has 1 radical (unpaired) electrons. The highest BCUT2D eigenvalue weighted by Crippen LogP contribution is 2.18. The van der Waals surface area contributed by atoms with Gasteiger partial charge in [0.15, 0.2) is 6.29 Å². The maximum Gasteiger partial charge on any atom is 0.219 e. The summed E-state index contributed by atoms with van der Waals surface area (Å²) in [4.78, 5) is 22.8. The summed E-state index contributed by atoms with van der Waals surface area (Å²) in [6.45, 7) is 3.20. The maximum atomic E-state index is 10.9. The summed E-state index contributed by atoms with van der Waals surface area (Å²) >= 11 is 0. The quantitative estimate of drug-likeness (QED) is 0.610. The van der Waals surface area contributed by atoms with Gasteiger partial charge in [0, 0.05) is 26.4 Å². The molecule has 0 N–H and O–H groups in total. The van der Waals surface area contributed by atoms with Gasteiger partial charge in [-0.05, 0) is 18.8 Å². The fourth-order valence-electron chi connectivity index (χ4n) is 1.57. The van der Waals surface area contributed by atoms with Crippen molar-refractivity contribution in [3.05, 3.63) is 0 Å². The first kappa shape index (κ1) is 9.23. The molecule has 1 fully saturated rings. The maximum absolute atomic E-state index is 10.9. The van der Waals surface area contributed by atoms with Crippen molar-refractivity contribution in [2.75, 3.05) is 13.1 Å². The molecule has 1 aliphatic heterocycles. The summed E-state index contributed by atoms with van der Waals surface area (Å²) in [5.41, 5.74) is 0. The lowest BCUT2D eigenvalue weighted by Crippen LogP contribution is -2.37. The van der Waals surface area contributed by atoms with Crippen LogP contribution in [0.3, 0.4) is 0 Å². The number of hydrogen-bond acceptors (Lipinski definition) is 2. The minimum atomic E-state index is 0.142. The molecule has 0 unspecified atom stereocenters. The molecule has 67 valence electrons. The van der Waals surface area contributed by atoms with E-state index in [1.54, 1.807) is 6.92 Å². The number of piperidine rings is 1. The molecule has 1 amide bonds. The lowest BCUT2D eigenvalue weighted by atomic mass is 9.94. The van der Waals surface area contributed by atoms with Gasteiger partial charge in [0.1, 0.15) is 0 Å². The molecule has 0 bridgehead atoms. The van der Waals surface area contributed by atoms with Crippen LogP contribution < -0.4 is 0 Å². The fourth-order valence-corrected chi connectivity index (χ4v) is 1.57. The van der Waals surface area contributed by atoms with Crippen molar-refractivity contribution in [2.24, 2.45) is 5.92 Å². The van der Waals surface area contributed by atoms with Crippen LogP contribution in [0.1, 0.15) is 26.2 Å². The molecule has 12 heavy (non-hydrogen) atoms. The highest BCUT2D eigenvalue weighted by Gasteiger charge is 2.19. The van der Waals surface area contributed by atoms with Crippen LogP contribution in [0, 0.1) is 5.92 Å². The molecule has 1 heterocycles. The van der Waals surface area contributed by atoms with Gasteiger partial charge in [-0.1, -0.05) is 0 Å². The minimum absolute atomic E-state index is 0.142. The first-order chi connectivity index (χ1) is 5.74. The van der Waals surface area contributed by atoms with Gasteiger partial charge >= 0.3 is 0 Å².